The largest absolute Gasteiger partial charge is 0.390 e. The maximum absolute atomic E-state index is 10.5. The monoisotopic (exact) mass is 278 g/mol. The van der Waals surface area contributed by atoms with Crippen LogP contribution in [0.5, 0.6) is 0 Å². The lowest BCUT2D eigenvalue weighted by Gasteiger charge is -2.44. The van der Waals surface area contributed by atoms with E-state index in [1.807, 2.05) is 18.2 Å². The van der Waals surface area contributed by atoms with Gasteiger partial charge in [0.2, 0.25) is 0 Å². The number of aliphatic hydroxyl groups excluding tert-OH is 1. The van der Waals surface area contributed by atoms with Gasteiger partial charge in [-0.05, 0) is 23.8 Å². The Morgan fingerprint density at radius 2 is 1.95 bits per heavy atom. The average molecular weight is 278 g/mol. The van der Waals surface area contributed by atoms with Gasteiger partial charge in [0.1, 0.15) is 0 Å². The predicted octanol–water partition coefficient (Wildman–Crippen LogP) is 3.02. The summed E-state index contributed by atoms with van der Waals surface area (Å²) in [6, 6.07) is 10.1. The third-order valence-corrected chi connectivity index (χ3v) is 4.42. The second kappa shape index (κ2) is 6.70. The highest BCUT2D eigenvalue weighted by molar-refractivity contribution is 5.13. The summed E-state index contributed by atoms with van der Waals surface area (Å²) in [6.07, 6.45) is 1.49. The summed E-state index contributed by atoms with van der Waals surface area (Å²) in [7, 11) is 1.68. The van der Waals surface area contributed by atoms with Gasteiger partial charge < -0.3 is 14.6 Å². The molecule has 1 aliphatic rings. The highest BCUT2D eigenvalue weighted by Gasteiger charge is 2.43. The molecule has 0 aromatic heterocycles. The third-order valence-electron chi connectivity index (χ3n) is 4.42. The molecule has 0 spiro atoms. The van der Waals surface area contributed by atoms with Crippen molar-refractivity contribution < 1.29 is 14.6 Å². The van der Waals surface area contributed by atoms with Crippen LogP contribution in [0.2, 0.25) is 0 Å². The van der Waals surface area contributed by atoms with Crippen molar-refractivity contribution in [3.63, 3.8) is 0 Å². The topological polar surface area (TPSA) is 38.7 Å². The molecule has 20 heavy (non-hydrogen) atoms. The van der Waals surface area contributed by atoms with Crippen molar-refractivity contribution in [2.75, 3.05) is 13.7 Å². The maximum Gasteiger partial charge on any atom is 0.0884 e. The van der Waals surface area contributed by atoms with Crippen LogP contribution in [0.1, 0.15) is 32.3 Å². The Labute approximate surface area is 121 Å². The molecule has 1 N–H and O–H groups in total. The lowest BCUT2D eigenvalue weighted by Crippen LogP contribution is -2.50. The van der Waals surface area contributed by atoms with E-state index >= 15 is 0 Å². The van der Waals surface area contributed by atoms with Crippen LogP contribution in [0.3, 0.4) is 0 Å². The Hall–Kier alpha value is -0.900. The number of aliphatic hydroxyl groups is 1. The van der Waals surface area contributed by atoms with Gasteiger partial charge in [0, 0.05) is 13.0 Å². The zero-order valence-corrected chi connectivity index (χ0v) is 12.7. The van der Waals surface area contributed by atoms with Gasteiger partial charge in [-0.2, -0.15) is 0 Å². The average Bonchev–Trinajstić information content (AvgIpc) is 2.43. The molecule has 0 bridgehead atoms. The first-order valence-corrected chi connectivity index (χ1v) is 7.37. The van der Waals surface area contributed by atoms with Crippen molar-refractivity contribution in [2.24, 2.45) is 11.3 Å². The van der Waals surface area contributed by atoms with Crippen LogP contribution in [0.25, 0.3) is 0 Å². The Balaban J connectivity index is 1.84. The molecule has 1 fully saturated rings. The Morgan fingerprint density at radius 3 is 2.60 bits per heavy atom. The summed E-state index contributed by atoms with van der Waals surface area (Å²) in [5.41, 5.74) is 1.20. The normalized spacial score (nSPS) is 29.3. The number of benzene rings is 1. The van der Waals surface area contributed by atoms with Gasteiger partial charge >= 0.3 is 0 Å². The van der Waals surface area contributed by atoms with Gasteiger partial charge in [0.15, 0.2) is 0 Å². The SMILES string of the molecule is CO[C@H]1[C@@H](O)[C@@H](COCc2ccccc2)CCC1(C)C. The van der Waals surface area contributed by atoms with Crippen molar-refractivity contribution >= 4 is 0 Å². The van der Waals surface area contributed by atoms with E-state index in [0.29, 0.717) is 13.2 Å². The zero-order chi connectivity index (χ0) is 14.6. The fourth-order valence-electron chi connectivity index (χ4n) is 3.12. The van der Waals surface area contributed by atoms with Gasteiger partial charge in [-0.3, -0.25) is 0 Å². The molecule has 3 atom stereocenters. The lowest BCUT2D eigenvalue weighted by atomic mass is 9.69. The van der Waals surface area contributed by atoms with Gasteiger partial charge in [-0.1, -0.05) is 44.2 Å². The van der Waals surface area contributed by atoms with E-state index < -0.39 is 6.10 Å². The third kappa shape index (κ3) is 3.60. The van der Waals surface area contributed by atoms with E-state index in [2.05, 4.69) is 26.0 Å². The van der Waals surface area contributed by atoms with Crippen LogP contribution in [0.4, 0.5) is 0 Å². The number of rotatable bonds is 5. The summed E-state index contributed by atoms with van der Waals surface area (Å²) >= 11 is 0. The van der Waals surface area contributed by atoms with Crippen molar-refractivity contribution in [3.05, 3.63) is 35.9 Å². The fourth-order valence-corrected chi connectivity index (χ4v) is 3.12. The van der Waals surface area contributed by atoms with E-state index in [1.54, 1.807) is 7.11 Å². The molecular weight excluding hydrogens is 252 g/mol. The molecule has 0 heterocycles. The molecule has 3 nitrogen and oxygen atoms in total. The fraction of sp³-hybridized carbons (Fsp3) is 0.647. The maximum atomic E-state index is 10.5. The summed E-state index contributed by atoms with van der Waals surface area (Å²) in [6.45, 7) is 5.51. The number of ether oxygens (including phenoxy) is 2. The van der Waals surface area contributed by atoms with E-state index in [-0.39, 0.29) is 17.4 Å². The molecule has 1 aromatic carbocycles. The quantitative estimate of drug-likeness (QED) is 0.900. The first-order chi connectivity index (χ1) is 9.54. The predicted molar refractivity (Wildman–Crippen MR) is 79.4 cm³/mol. The second-order valence-electron chi connectivity index (χ2n) is 6.43. The van der Waals surface area contributed by atoms with Crippen LogP contribution in [-0.4, -0.2) is 31.0 Å². The van der Waals surface area contributed by atoms with Crippen molar-refractivity contribution in [2.45, 2.75) is 45.5 Å². The molecular formula is C17H26O3. The molecule has 1 saturated carbocycles. The Kier molecular flexibility index (Phi) is 5.19. The van der Waals surface area contributed by atoms with Crippen molar-refractivity contribution in [1.82, 2.24) is 0 Å². The first kappa shape index (κ1) is 15.5. The summed E-state index contributed by atoms with van der Waals surface area (Å²) in [5.74, 6) is 0.164. The molecule has 0 amide bonds. The molecule has 3 heteroatoms. The molecule has 0 radical (unpaired) electrons. The van der Waals surface area contributed by atoms with E-state index in [1.165, 1.54) is 5.56 Å². The first-order valence-electron chi connectivity index (χ1n) is 7.37. The Morgan fingerprint density at radius 1 is 1.25 bits per heavy atom. The van der Waals surface area contributed by atoms with Crippen LogP contribution < -0.4 is 0 Å². The molecule has 1 aromatic rings. The van der Waals surface area contributed by atoms with Crippen LogP contribution >= 0.6 is 0 Å². The van der Waals surface area contributed by atoms with Gasteiger partial charge in [0.25, 0.3) is 0 Å². The molecule has 1 aliphatic carbocycles. The van der Waals surface area contributed by atoms with Crippen molar-refractivity contribution in [1.29, 1.82) is 0 Å². The second-order valence-corrected chi connectivity index (χ2v) is 6.43. The summed E-state index contributed by atoms with van der Waals surface area (Å²) in [4.78, 5) is 0. The van der Waals surface area contributed by atoms with E-state index in [0.717, 1.165) is 12.8 Å². The lowest BCUT2D eigenvalue weighted by molar-refractivity contribution is -0.140. The molecule has 2 rings (SSSR count). The number of hydrogen-bond donors (Lipinski definition) is 1. The minimum absolute atomic E-state index is 0.0318. The van der Waals surface area contributed by atoms with E-state index in [4.69, 9.17) is 9.47 Å². The summed E-state index contributed by atoms with van der Waals surface area (Å²) < 4.78 is 11.3. The van der Waals surface area contributed by atoms with Gasteiger partial charge in [0.05, 0.1) is 25.4 Å². The Bertz CT molecular complexity index is 402. The number of methoxy groups -OCH3 is 1. The van der Waals surface area contributed by atoms with Crippen molar-refractivity contribution in [3.8, 4) is 0 Å². The zero-order valence-electron chi connectivity index (χ0n) is 12.7. The highest BCUT2D eigenvalue weighted by Crippen LogP contribution is 2.40. The highest BCUT2D eigenvalue weighted by atomic mass is 16.5. The van der Waals surface area contributed by atoms with Gasteiger partial charge in [-0.15, -0.1) is 0 Å². The smallest absolute Gasteiger partial charge is 0.0884 e. The van der Waals surface area contributed by atoms with Crippen LogP contribution in [0, 0.1) is 11.3 Å². The van der Waals surface area contributed by atoms with Crippen LogP contribution in [-0.2, 0) is 16.1 Å². The summed E-state index contributed by atoms with van der Waals surface area (Å²) in [5, 5.41) is 10.5. The van der Waals surface area contributed by atoms with Crippen LogP contribution in [0.15, 0.2) is 30.3 Å². The molecule has 0 saturated heterocycles. The minimum Gasteiger partial charge on any atom is -0.390 e. The van der Waals surface area contributed by atoms with Gasteiger partial charge in [-0.25, -0.2) is 0 Å². The van der Waals surface area contributed by atoms with E-state index in [9.17, 15) is 5.11 Å². The number of hydrogen-bond acceptors (Lipinski definition) is 3. The minimum atomic E-state index is -0.445. The molecule has 0 aliphatic heterocycles. The molecule has 0 unspecified atom stereocenters. The standard InChI is InChI=1S/C17H26O3/c1-17(2)10-9-14(15(18)16(17)19-3)12-20-11-13-7-5-4-6-8-13/h4-8,14-16,18H,9-12H2,1-3H3/t14-,15+,16+/m1/s1. The molecule has 112 valence electrons.